The largest absolute Gasteiger partial charge is 0.480 e. The molecule has 1 aromatic heterocycles. The zero-order valence-corrected chi connectivity index (χ0v) is 9.70. The van der Waals surface area contributed by atoms with Gasteiger partial charge in [0.1, 0.15) is 11.8 Å². The number of nitrogens with zero attached hydrogens (tertiary/aromatic N) is 1. The topological polar surface area (TPSA) is 70.8 Å². The number of likely N-dealkylation sites (tertiary alicyclic amines) is 1. The van der Waals surface area contributed by atoms with Gasteiger partial charge in [-0.1, -0.05) is 0 Å². The maximum atomic E-state index is 11.8. The van der Waals surface area contributed by atoms with Crippen LogP contribution in [0.3, 0.4) is 0 Å². The molecule has 5 heteroatoms. The highest BCUT2D eigenvalue weighted by molar-refractivity contribution is 5.85. The van der Waals surface area contributed by atoms with Gasteiger partial charge in [0, 0.05) is 25.3 Å². The number of carboxylic acids is 1. The van der Waals surface area contributed by atoms with Crippen LogP contribution in [0.4, 0.5) is 0 Å². The number of hydrogen-bond donors (Lipinski definition) is 1. The lowest BCUT2D eigenvalue weighted by molar-refractivity contribution is -0.148. The van der Waals surface area contributed by atoms with Crippen LogP contribution in [-0.4, -0.2) is 34.5 Å². The quantitative estimate of drug-likeness (QED) is 0.797. The van der Waals surface area contributed by atoms with E-state index in [0.717, 1.165) is 0 Å². The SMILES string of the molecule is C#CC1CC(=O)N(C(Cc2ccco2)C(=O)O)C1. The first-order valence-corrected chi connectivity index (χ1v) is 5.62. The molecule has 0 saturated carbocycles. The molecule has 0 spiro atoms. The highest BCUT2D eigenvalue weighted by Gasteiger charge is 2.37. The Balaban J connectivity index is 2.14. The Labute approximate surface area is 104 Å². The van der Waals surface area contributed by atoms with Gasteiger partial charge in [-0.15, -0.1) is 12.3 Å². The summed E-state index contributed by atoms with van der Waals surface area (Å²) in [7, 11) is 0. The van der Waals surface area contributed by atoms with Gasteiger partial charge in [-0.25, -0.2) is 4.79 Å². The van der Waals surface area contributed by atoms with Crippen molar-refractivity contribution in [1.29, 1.82) is 0 Å². The van der Waals surface area contributed by atoms with Crippen molar-refractivity contribution in [3.05, 3.63) is 24.2 Å². The molecule has 2 rings (SSSR count). The lowest BCUT2D eigenvalue weighted by Gasteiger charge is -2.23. The van der Waals surface area contributed by atoms with E-state index < -0.39 is 12.0 Å². The molecule has 1 N–H and O–H groups in total. The van der Waals surface area contributed by atoms with Crippen LogP contribution in [0.5, 0.6) is 0 Å². The van der Waals surface area contributed by atoms with Gasteiger partial charge in [-0.3, -0.25) is 4.79 Å². The molecule has 0 aromatic carbocycles. The zero-order valence-electron chi connectivity index (χ0n) is 9.70. The molecule has 0 aliphatic carbocycles. The summed E-state index contributed by atoms with van der Waals surface area (Å²) < 4.78 is 5.12. The summed E-state index contributed by atoms with van der Waals surface area (Å²) in [5.74, 6) is 1.59. The molecule has 18 heavy (non-hydrogen) atoms. The van der Waals surface area contributed by atoms with Crippen LogP contribution in [0.25, 0.3) is 0 Å². The Morgan fingerprint density at radius 2 is 2.50 bits per heavy atom. The molecule has 1 aliphatic rings. The fourth-order valence-corrected chi connectivity index (χ4v) is 2.09. The third-order valence-corrected chi connectivity index (χ3v) is 3.03. The van der Waals surface area contributed by atoms with E-state index in [1.807, 2.05) is 0 Å². The normalized spacial score (nSPS) is 20.7. The van der Waals surface area contributed by atoms with Gasteiger partial charge in [-0.05, 0) is 12.1 Å². The highest BCUT2D eigenvalue weighted by atomic mass is 16.4. The number of aliphatic carboxylic acids is 1. The van der Waals surface area contributed by atoms with Crippen molar-refractivity contribution in [3.63, 3.8) is 0 Å². The first kappa shape index (κ1) is 12.2. The van der Waals surface area contributed by atoms with Crippen molar-refractivity contribution < 1.29 is 19.1 Å². The first-order chi connectivity index (χ1) is 8.61. The Morgan fingerprint density at radius 1 is 1.72 bits per heavy atom. The lowest BCUT2D eigenvalue weighted by atomic mass is 10.1. The van der Waals surface area contributed by atoms with E-state index in [2.05, 4.69) is 5.92 Å². The average molecular weight is 247 g/mol. The molecule has 1 fully saturated rings. The fraction of sp³-hybridized carbons (Fsp3) is 0.385. The Kier molecular flexibility index (Phi) is 3.38. The summed E-state index contributed by atoms with van der Waals surface area (Å²) in [6, 6.07) is 2.46. The second-order valence-electron chi connectivity index (χ2n) is 4.25. The molecule has 1 aromatic rings. The number of carbonyl (C=O) groups excluding carboxylic acids is 1. The smallest absolute Gasteiger partial charge is 0.326 e. The van der Waals surface area contributed by atoms with Gasteiger partial charge < -0.3 is 14.4 Å². The van der Waals surface area contributed by atoms with Crippen LogP contribution in [0.15, 0.2) is 22.8 Å². The van der Waals surface area contributed by atoms with Crippen molar-refractivity contribution in [2.24, 2.45) is 5.92 Å². The van der Waals surface area contributed by atoms with E-state index in [1.165, 1.54) is 11.2 Å². The van der Waals surface area contributed by atoms with E-state index >= 15 is 0 Å². The summed E-state index contributed by atoms with van der Waals surface area (Å²) >= 11 is 0. The van der Waals surface area contributed by atoms with Crippen LogP contribution in [0.1, 0.15) is 12.2 Å². The minimum atomic E-state index is -1.04. The molecule has 1 saturated heterocycles. The van der Waals surface area contributed by atoms with Gasteiger partial charge in [0.25, 0.3) is 0 Å². The van der Waals surface area contributed by atoms with Gasteiger partial charge in [0.05, 0.1) is 6.26 Å². The molecular weight excluding hydrogens is 234 g/mol. The van der Waals surface area contributed by atoms with Crippen molar-refractivity contribution in [2.75, 3.05) is 6.54 Å². The number of rotatable bonds is 4. The molecule has 2 atom stereocenters. The monoisotopic (exact) mass is 247 g/mol. The van der Waals surface area contributed by atoms with Crippen LogP contribution in [0.2, 0.25) is 0 Å². The maximum absolute atomic E-state index is 11.8. The van der Waals surface area contributed by atoms with E-state index in [9.17, 15) is 14.7 Å². The van der Waals surface area contributed by atoms with Crippen LogP contribution in [-0.2, 0) is 16.0 Å². The second-order valence-corrected chi connectivity index (χ2v) is 4.25. The molecule has 94 valence electrons. The molecular formula is C13H13NO4. The predicted molar refractivity (Wildman–Crippen MR) is 62.5 cm³/mol. The van der Waals surface area contributed by atoms with Crippen LogP contribution in [0, 0.1) is 18.3 Å². The summed E-state index contributed by atoms with van der Waals surface area (Å²) in [5.41, 5.74) is 0. The van der Waals surface area contributed by atoms with Crippen LogP contribution >= 0.6 is 0 Å². The van der Waals surface area contributed by atoms with E-state index in [-0.39, 0.29) is 24.7 Å². The minimum Gasteiger partial charge on any atom is -0.480 e. The Hall–Kier alpha value is -2.22. The maximum Gasteiger partial charge on any atom is 0.326 e. The average Bonchev–Trinajstić information content (AvgIpc) is 2.95. The van der Waals surface area contributed by atoms with Crippen molar-refractivity contribution in [3.8, 4) is 12.3 Å². The summed E-state index contributed by atoms with van der Waals surface area (Å²) in [6.07, 6.45) is 7.13. The standard InChI is InChI=1S/C13H13NO4/c1-2-9-6-12(15)14(8-9)11(13(16)17)7-10-4-3-5-18-10/h1,3-5,9,11H,6-8H2,(H,16,17). The molecule has 5 nitrogen and oxygen atoms in total. The number of furan rings is 1. The van der Waals surface area contributed by atoms with Crippen molar-refractivity contribution in [1.82, 2.24) is 4.90 Å². The number of amides is 1. The lowest BCUT2D eigenvalue weighted by Crippen LogP contribution is -2.43. The van der Waals surface area contributed by atoms with Gasteiger partial charge >= 0.3 is 5.97 Å². The van der Waals surface area contributed by atoms with Gasteiger partial charge in [0.2, 0.25) is 5.91 Å². The minimum absolute atomic E-state index is 0.158. The molecule has 1 amide bonds. The van der Waals surface area contributed by atoms with Crippen LogP contribution < -0.4 is 0 Å². The summed E-state index contributed by atoms with van der Waals surface area (Å²) in [4.78, 5) is 24.3. The molecule has 0 radical (unpaired) electrons. The van der Waals surface area contributed by atoms with Crippen molar-refractivity contribution in [2.45, 2.75) is 18.9 Å². The van der Waals surface area contributed by atoms with E-state index in [0.29, 0.717) is 12.3 Å². The number of carbonyl (C=O) groups is 2. The Bertz CT molecular complexity index is 486. The fourth-order valence-electron chi connectivity index (χ4n) is 2.09. The zero-order chi connectivity index (χ0) is 13.1. The molecule has 1 aliphatic heterocycles. The van der Waals surface area contributed by atoms with Crippen molar-refractivity contribution >= 4 is 11.9 Å². The second kappa shape index (κ2) is 4.96. The highest BCUT2D eigenvalue weighted by Crippen LogP contribution is 2.21. The third-order valence-electron chi connectivity index (χ3n) is 3.03. The molecule has 2 heterocycles. The van der Waals surface area contributed by atoms with E-state index in [4.69, 9.17) is 10.8 Å². The number of hydrogen-bond acceptors (Lipinski definition) is 3. The Morgan fingerprint density at radius 3 is 3.00 bits per heavy atom. The number of terminal acetylenes is 1. The van der Waals surface area contributed by atoms with E-state index in [1.54, 1.807) is 12.1 Å². The molecule has 2 unspecified atom stereocenters. The predicted octanol–water partition coefficient (Wildman–Crippen LogP) is 0.757. The first-order valence-electron chi connectivity index (χ1n) is 5.62. The van der Waals surface area contributed by atoms with Gasteiger partial charge in [0.15, 0.2) is 0 Å². The summed E-state index contributed by atoms with van der Waals surface area (Å²) in [6.45, 7) is 0.299. The molecule has 0 bridgehead atoms. The number of carboxylic acid groups (broad SMARTS) is 1. The summed E-state index contributed by atoms with van der Waals surface area (Å²) in [5, 5.41) is 9.22. The van der Waals surface area contributed by atoms with Gasteiger partial charge in [-0.2, -0.15) is 0 Å². The third kappa shape index (κ3) is 2.38.